The molecule has 0 aromatic carbocycles. The van der Waals surface area contributed by atoms with Gasteiger partial charge in [0, 0.05) is 0 Å². The maximum atomic E-state index is 10.7. The van der Waals surface area contributed by atoms with E-state index in [0.717, 1.165) is 12.8 Å². The van der Waals surface area contributed by atoms with Gasteiger partial charge in [0.15, 0.2) is 0 Å². The lowest BCUT2D eigenvalue weighted by atomic mass is 9.83. The molecular weight excluding hydrogens is 142 g/mol. The van der Waals surface area contributed by atoms with Crippen LogP contribution in [-0.4, -0.2) is 16.7 Å². The van der Waals surface area contributed by atoms with Crippen LogP contribution in [0, 0.1) is 4.91 Å². The summed E-state index contributed by atoms with van der Waals surface area (Å²) in [5.74, 6) is 0. The highest BCUT2D eigenvalue weighted by atomic mass is 16.4. The van der Waals surface area contributed by atoms with E-state index in [1.54, 1.807) is 6.21 Å². The summed E-state index contributed by atoms with van der Waals surface area (Å²) in [5, 5.41) is 3.65. The first-order valence-electron chi connectivity index (χ1n) is 4.11. The minimum Gasteiger partial charge on any atom is -0.109 e. The molecule has 2 aliphatic rings. The molecule has 4 nitrogen and oxygen atoms in total. The van der Waals surface area contributed by atoms with E-state index in [2.05, 4.69) is 10.5 Å². The van der Waals surface area contributed by atoms with Gasteiger partial charge in [-0.25, -0.2) is 0 Å². The third-order valence-electron chi connectivity index (χ3n) is 2.47. The fraction of sp³-hybridized carbons (Fsp3) is 0.857. The van der Waals surface area contributed by atoms with Gasteiger partial charge in [-0.3, -0.25) is 0 Å². The van der Waals surface area contributed by atoms with Gasteiger partial charge in [0.25, 0.3) is 4.98 Å². The van der Waals surface area contributed by atoms with Crippen molar-refractivity contribution in [3.05, 3.63) is 4.91 Å². The Kier molecular flexibility index (Phi) is 1.41. The number of nitrogens with one attached hydrogen (secondary N) is 1. The van der Waals surface area contributed by atoms with Gasteiger partial charge in [-0.15, -0.1) is 5.43 Å². The van der Waals surface area contributed by atoms with Crippen LogP contribution in [0.2, 0.25) is 0 Å². The van der Waals surface area contributed by atoms with Crippen LogP contribution in [-0.2, 0) is 0 Å². The standard InChI is InChI=1S/C7H12N3O/c11-10-8-6-7(9-10)4-2-1-3-5-7/h6H,1-5H2,(H,9,11)/q+1. The molecule has 1 aliphatic carbocycles. The second-order valence-electron chi connectivity index (χ2n) is 3.35. The monoisotopic (exact) mass is 154 g/mol. The molecule has 1 spiro atoms. The number of hydrogen-bond donors (Lipinski definition) is 1. The molecule has 1 saturated carbocycles. The van der Waals surface area contributed by atoms with Crippen LogP contribution in [0.1, 0.15) is 32.1 Å². The van der Waals surface area contributed by atoms with Gasteiger partial charge in [0.1, 0.15) is 11.8 Å². The minimum absolute atomic E-state index is 0.0833. The first-order valence-corrected chi connectivity index (χ1v) is 4.11. The van der Waals surface area contributed by atoms with Crippen molar-refractivity contribution in [3.63, 3.8) is 0 Å². The lowest BCUT2D eigenvalue weighted by Gasteiger charge is -2.25. The maximum absolute atomic E-state index is 10.7. The SMILES string of the molecule is O=[N+]1N=CC2(CCCCC2)N1. The first-order chi connectivity index (χ1) is 5.31. The zero-order valence-electron chi connectivity index (χ0n) is 6.42. The molecule has 0 atom stereocenters. The van der Waals surface area contributed by atoms with Crippen molar-refractivity contribution in [1.82, 2.24) is 5.43 Å². The van der Waals surface area contributed by atoms with Crippen molar-refractivity contribution in [2.24, 2.45) is 5.10 Å². The third kappa shape index (κ3) is 1.13. The number of hydrogen-bond acceptors (Lipinski definition) is 1. The molecule has 0 amide bonds. The Morgan fingerprint density at radius 2 is 2.09 bits per heavy atom. The van der Waals surface area contributed by atoms with Crippen molar-refractivity contribution < 1.29 is 4.98 Å². The Morgan fingerprint density at radius 1 is 1.36 bits per heavy atom. The summed E-state index contributed by atoms with van der Waals surface area (Å²) in [6.07, 6.45) is 7.56. The van der Waals surface area contributed by atoms with Crippen LogP contribution < -0.4 is 5.43 Å². The minimum atomic E-state index is -0.0833. The van der Waals surface area contributed by atoms with Crippen molar-refractivity contribution in [2.45, 2.75) is 37.6 Å². The molecule has 1 fully saturated rings. The summed E-state index contributed by atoms with van der Waals surface area (Å²) < 4.78 is 0. The van der Waals surface area contributed by atoms with Crippen LogP contribution in [0.3, 0.4) is 0 Å². The van der Waals surface area contributed by atoms with E-state index in [1.807, 2.05) is 0 Å². The summed E-state index contributed by atoms with van der Waals surface area (Å²) in [7, 11) is 0. The average Bonchev–Trinajstić information content (AvgIpc) is 2.34. The molecule has 0 aromatic rings. The summed E-state index contributed by atoms with van der Waals surface area (Å²) in [5.41, 5.74) is 2.74. The van der Waals surface area contributed by atoms with Crippen molar-refractivity contribution in [1.29, 1.82) is 0 Å². The molecule has 0 radical (unpaired) electrons. The van der Waals surface area contributed by atoms with Gasteiger partial charge in [-0.2, -0.15) is 0 Å². The molecule has 2 rings (SSSR count). The van der Waals surface area contributed by atoms with Gasteiger partial charge >= 0.3 is 0 Å². The van der Waals surface area contributed by atoms with Gasteiger partial charge in [-0.1, -0.05) is 19.3 Å². The number of rotatable bonds is 0. The zero-order valence-corrected chi connectivity index (χ0v) is 6.42. The molecule has 0 bridgehead atoms. The smallest absolute Gasteiger partial charge is 0.109 e. The van der Waals surface area contributed by atoms with E-state index < -0.39 is 0 Å². The lowest BCUT2D eigenvalue weighted by Crippen LogP contribution is -2.46. The van der Waals surface area contributed by atoms with E-state index in [4.69, 9.17) is 0 Å². The third-order valence-corrected chi connectivity index (χ3v) is 2.47. The lowest BCUT2D eigenvalue weighted by molar-refractivity contribution is -0.611. The van der Waals surface area contributed by atoms with E-state index in [-0.39, 0.29) is 5.54 Å². The number of hydrazone groups is 1. The molecule has 0 aromatic heterocycles. The molecule has 0 unspecified atom stereocenters. The van der Waals surface area contributed by atoms with Gasteiger partial charge in [0.2, 0.25) is 0 Å². The fourth-order valence-corrected chi connectivity index (χ4v) is 1.83. The van der Waals surface area contributed by atoms with Crippen LogP contribution in [0.5, 0.6) is 0 Å². The van der Waals surface area contributed by atoms with Gasteiger partial charge in [-0.05, 0) is 12.8 Å². The van der Waals surface area contributed by atoms with Crippen LogP contribution in [0.25, 0.3) is 0 Å². The van der Waals surface area contributed by atoms with E-state index >= 15 is 0 Å². The number of nitroso groups, excluding NO2 is 1. The van der Waals surface area contributed by atoms with Crippen LogP contribution in [0.4, 0.5) is 0 Å². The van der Waals surface area contributed by atoms with Crippen molar-refractivity contribution in [3.8, 4) is 0 Å². The average molecular weight is 154 g/mol. The quantitative estimate of drug-likeness (QED) is 0.528. The van der Waals surface area contributed by atoms with Crippen LogP contribution in [0.15, 0.2) is 5.10 Å². The molecule has 1 N–H and O–H groups in total. The maximum Gasteiger partial charge on any atom is 0.279 e. The van der Waals surface area contributed by atoms with Crippen molar-refractivity contribution >= 4 is 6.21 Å². The topological polar surface area (TPSA) is 44.5 Å². The molecular formula is C7H12N3O+. The molecule has 1 heterocycles. The molecule has 11 heavy (non-hydrogen) atoms. The first kappa shape index (κ1) is 6.76. The Morgan fingerprint density at radius 3 is 2.64 bits per heavy atom. The van der Waals surface area contributed by atoms with Gasteiger partial charge < -0.3 is 0 Å². The highest BCUT2D eigenvalue weighted by molar-refractivity contribution is 5.70. The highest BCUT2D eigenvalue weighted by Gasteiger charge is 2.41. The van der Waals surface area contributed by atoms with E-state index in [9.17, 15) is 4.91 Å². The zero-order chi connectivity index (χ0) is 7.73. The summed E-state index contributed by atoms with van der Waals surface area (Å²) in [6, 6.07) is 0. The normalized spacial score (nSPS) is 27.5. The van der Waals surface area contributed by atoms with E-state index in [0.29, 0.717) is 4.98 Å². The van der Waals surface area contributed by atoms with Crippen LogP contribution >= 0.6 is 0 Å². The summed E-state index contributed by atoms with van der Waals surface area (Å²) in [6.45, 7) is 0. The highest BCUT2D eigenvalue weighted by Crippen LogP contribution is 2.28. The van der Waals surface area contributed by atoms with Crippen molar-refractivity contribution in [2.75, 3.05) is 0 Å². The van der Waals surface area contributed by atoms with Gasteiger partial charge in [0.05, 0.1) is 10.0 Å². The molecule has 1 aliphatic heterocycles. The predicted molar refractivity (Wildman–Crippen MR) is 41.1 cm³/mol. The second kappa shape index (κ2) is 2.29. The summed E-state index contributed by atoms with van der Waals surface area (Å²) >= 11 is 0. The molecule has 4 heteroatoms. The second-order valence-corrected chi connectivity index (χ2v) is 3.35. The molecule has 0 saturated heterocycles. The predicted octanol–water partition coefficient (Wildman–Crippen LogP) is 0.972. The number of nitrogens with zero attached hydrogens (tertiary/aromatic N) is 2. The Labute approximate surface area is 65.2 Å². The fourth-order valence-electron chi connectivity index (χ4n) is 1.83. The Hall–Kier alpha value is -0.930. The number of hydrazine groups is 1. The Bertz CT molecular complexity index is 206. The largest absolute Gasteiger partial charge is 0.279 e. The molecule has 60 valence electrons. The van der Waals surface area contributed by atoms with E-state index in [1.165, 1.54) is 19.3 Å². The Balaban J connectivity index is 2.10. The summed E-state index contributed by atoms with van der Waals surface area (Å²) in [4.78, 5) is 11.3.